The SMILES string of the molecule is CCOC(=O)C=Cc1ccc(NC(=O)N2CCSCC2)cc1. The highest BCUT2D eigenvalue weighted by Crippen LogP contribution is 2.14. The van der Waals surface area contributed by atoms with Gasteiger partial charge in [0.05, 0.1) is 6.61 Å². The lowest BCUT2D eigenvalue weighted by Gasteiger charge is -2.26. The zero-order valence-electron chi connectivity index (χ0n) is 12.6. The molecule has 1 heterocycles. The minimum Gasteiger partial charge on any atom is -0.463 e. The average Bonchev–Trinajstić information content (AvgIpc) is 2.55. The van der Waals surface area contributed by atoms with Gasteiger partial charge in [0.1, 0.15) is 0 Å². The number of hydrogen-bond acceptors (Lipinski definition) is 4. The summed E-state index contributed by atoms with van der Waals surface area (Å²) in [5, 5.41) is 2.89. The van der Waals surface area contributed by atoms with E-state index in [0.717, 1.165) is 35.8 Å². The average molecular weight is 320 g/mol. The summed E-state index contributed by atoms with van der Waals surface area (Å²) in [7, 11) is 0. The molecule has 0 bridgehead atoms. The maximum atomic E-state index is 12.1. The van der Waals surface area contributed by atoms with Crippen LogP contribution in [0.15, 0.2) is 30.3 Å². The number of carbonyl (C=O) groups is 2. The monoisotopic (exact) mass is 320 g/mol. The number of esters is 1. The zero-order chi connectivity index (χ0) is 15.8. The van der Waals surface area contributed by atoms with E-state index in [-0.39, 0.29) is 12.0 Å². The first-order valence-electron chi connectivity index (χ1n) is 7.27. The predicted octanol–water partition coefficient (Wildman–Crippen LogP) is 2.84. The molecule has 0 atom stereocenters. The largest absolute Gasteiger partial charge is 0.463 e. The van der Waals surface area contributed by atoms with Gasteiger partial charge in [0, 0.05) is 36.4 Å². The number of thioether (sulfide) groups is 1. The number of ether oxygens (including phenoxy) is 1. The van der Waals surface area contributed by atoms with Crippen LogP contribution in [0.25, 0.3) is 6.08 Å². The molecule has 6 heteroatoms. The van der Waals surface area contributed by atoms with Crippen molar-refractivity contribution in [2.45, 2.75) is 6.92 Å². The van der Waals surface area contributed by atoms with Gasteiger partial charge in [0.15, 0.2) is 0 Å². The van der Waals surface area contributed by atoms with E-state index in [4.69, 9.17) is 4.74 Å². The molecular weight excluding hydrogens is 300 g/mol. The van der Waals surface area contributed by atoms with Crippen molar-refractivity contribution in [2.24, 2.45) is 0 Å². The quantitative estimate of drug-likeness (QED) is 0.684. The van der Waals surface area contributed by atoms with Crippen LogP contribution in [0.4, 0.5) is 10.5 Å². The third kappa shape index (κ3) is 5.11. The fourth-order valence-electron chi connectivity index (χ4n) is 2.00. The highest BCUT2D eigenvalue weighted by molar-refractivity contribution is 7.99. The Hall–Kier alpha value is -1.95. The first-order chi connectivity index (χ1) is 10.7. The Morgan fingerprint density at radius 2 is 1.95 bits per heavy atom. The molecule has 0 aromatic heterocycles. The molecule has 1 N–H and O–H groups in total. The van der Waals surface area contributed by atoms with Crippen molar-refractivity contribution in [1.29, 1.82) is 0 Å². The number of anilines is 1. The minimum absolute atomic E-state index is 0.0601. The summed E-state index contributed by atoms with van der Waals surface area (Å²) in [5.74, 6) is 1.62. The van der Waals surface area contributed by atoms with Crippen molar-refractivity contribution in [3.63, 3.8) is 0 Å². The molecule has 2 rings (SSSR count). The van der Waals surface area contributed by atoms with Gasteiger partial charge in [-0.05, 0) is 30.7 Å². The highest BCUT2D eigenvalue weighted by atomic mass is 32.2. The van der Waals surface area contributed by atoms with Crippen LogP contribution in [-0.4, -0.2) is 48.1 Å². The molecule has 1 aromatic rings. The molecule has 0 unspecified atom stereocenters. The van der Waals surface area contributed by atoms with Gasteiger partial charge in [-0.15, -0.1) is 0 Å². The van der Waals surface area contributed by atoms with Crippen molar-refractivity contribution >= 4 is 35.5 Å². The van der Waals surface area contributed by atoms with Crippen molar-refractivity contribution in [1.82, 2.24) is 4.90 Å². The molecule has 2 amide bonds. The molecule has 22 heavy (non-hydrogen) atoms. The number of hydrogen-bond donors (Lipinski definition) is 1. The third-order valence-corrected chi connectivity index (χ3v) is 4.10. The smallest absolute Gasteiger partial charge is 0.330 e. The fraction of sp³-hybridized carbons (Fsp3) is 0.375. The van der Waals surface area contributed by atoms with Gasteiger partial charge >= 0.3 is 12.0 Å². The van der Waals surface area contributed by atoms with Gasteiger partial charge in [0.25, 0.3) is 0 Å². The Balaban J connectivity index is 1.88. The summed E-state index contributed by atoms with van der Waals surface area (Å²) < 4.78 is 4.82. The lowest BCUT2D eigenvalue weighted by molar-refractivity contribution is -0.137. The second kappa shape index (κ2) is 8.48. The van der Waals surface area contributed by atoms with E-state index < -0.39 is 0 Å². The predicted molar refractivity (Wildman–Crippen MR) is 90.0 cm³/mol. The number of urea groups is 1. The molecule has 1 aliphatic rings. The zero-order valence-corrected chi connectivity index (χ0v) is 13.4. The summed E-state index contributed by atoms with van der Waals surface area (Å²) >= 11 is 1.87. The summed E-state index contributed by atoms with van der Waals surface area (Å²) in [6.45, 7) is 3.71. The van der Waals surface area contributed by atoms with Crippen molar-refractivity contribution in [2.75, 3.05) is 36.5 Å². The van der Waals surface area contributed by atoms with Crippen molar-refractivity contribution in [3.05, 3.63) is 35.9 Å². The summed E-state index contributed by atoms with van der Waals surface area (Å²) in [5.41, 5.74) is 1.62. The lowest BCUT2D eigenvalue weighted by Crippen LogP contribution is -2.40. The topological polar surface area (TPSA) is 58.6 Å². The Kier molecular flexibility index (Phi) is 6.33. The second-order valence-corrected chi connectivity index (χ2v) is 5.96. The van der Waals surface area contributed by atoms with E-state index >= 15 is 0 Å². The number of rotatable bonds is 4. The van der Waals surface area contributed by atoms with Crippen LogP contribution in [0.1, 0.15) is 12.5 Å². The van der Waals surface area contributed by atoms with E-state index in [2.05, 4.69) is 5.32 Å². The molecule has 1 saturated heterocycles. The summed E-state index contributed by atoms with van der Waals surface area (Å²) in [6.07, 6.45) is 3.08. The maximum Gasteiger partial charge on any atom is 0.330 e. The molecule has 0 radical (unpaired) electrons. The van der Waals surface area contributed by atoms with Crippen molar-refractivity contribution < 1.29 is 14.3 Å². The molecule has 1 fully saturated rings. The van der Waals surface area contributed by atoms with Crippen LogP contribution in [0.2, 0.25) is 0 Å². The van der Waals surface area contributed by atoms with Crippen LogP contribution in [0, 0.1) is 0 Å². The standard InChI is InChI=1S/C16H20N2O3S/c1-2-21-15(19)8-5-13-3-6-14(7-4-13)17-16(20)18-9-11-22-12-10-18/h3-8H,2,9-12H2,1H3,(H,17,20). The Morgan fingerprint density at radius 3 is 2.59 bits per heavy atom. The van der Waals surface area contributed by atoms with Crippen LogP contribution in [0.3, 0.4) is 0 Å². The summed E-state index contributed by atoms with van der Waals surface area (Å²) in [4.78, 5) is 25.1. The molecule has 118 valence electrons. The molecule has 1 aliphatic heterocycles. The van der Waals surface area contributed by atoms with Gasteiger partial charge < -0.3 is 15.0 Å². The second-order valence-electron chi connectivity index (χ2n) is 4.74. The number of nitrogens with zero attached hydrogens (tertiary/aromatic N) is 1. The van der Waals surface area contributed by atoms with Gasteiger partial charge in [-0.2, -0.15) is 11.8 Å². The van der Waals surface area contributed by atoms with Crippen molar-refractivity contribution in [3.8, 4) is 0 Å². The van der Waals surface area contributed by atoms with Gasteiger partial charge in [-0.25, -0.2) is 9.59 Å². The first kappa shape index (κ1) is 16.4. The van der Waals surface area contributed by atoms with E-state index in [0.29, 0.717) is 6.61 Å². The Labute approximate surface area is 134 Å². The van der Waals surface area contributed by atoms with E-state index in [9.17, 15) is 9.59 Å². The normalized spacial score (nSPS) is 14.9. The first-order valence-corrected chi connectivity index (χ1v) is 8.43. The van der Waals surface area contributed by atoms with Crippen LogP contribution in [0.5, 0.6) is 0 Å². The van der Waals surface area contributed by atoms with E-state index in [1.54, 1.807) is 13.0 Å². The van der Waals surface area contributed by atoms with Crippen LogP contribution < -0.4 is 5.32 Å². The highest BCUT2D eigenvalue weighted by Gasteiger charge is 2.16. The Bertz CT molecular complexity index is 537. The molecule has 1 aromatic carbocycles. The third-order valence-electron chi connectivity index (χ3n) is 3.16. The molecule has 0 spiro atoms. The molecule has 0 saturated carbocycles. The van der Waals surface area contributed by atoms with Gasteiger partial charge in [-0.3, -0.25) is 0 Å². The van der Waals surface area contributed by atoms with Gasteiger partial charge in [0.2, 0.25) is 0 Å². The number of benzene rings is 1. The number of nitrogens with one attached hydrogen (secondary N) is 1. The molecule has 5 nitrogen and oxygen atoms in total. The lowest BCUT2D eigenvalue weighted by atomic mass is 10.2. The van der Waals surface area contributed by atoms with Gasteiger partial charge in [-0.1, -0.05) is 12.1 Å². The maximum absolute atomic E-state index is 12.1. The Morgan fingerprint density at radius 1 is 1.27 bits per heavy atom. The van der Waals surface area contributed by atoms with Crippen LogP contribution in [-0.2, 0) is 9.53 Å². The molecular formula is C16H20N2O3S. The summed E-state index contributed by atoms with van der Waals surface area (Å²) in [6, 6.07) is 7.27. The van der Waals surface area contributed by atoms with E-state index in [1.165, 1.54) is 6.08 Å². The van der Waals surface area contributed by atoms with Crippen LogP contribution >= 0.6 is 11.8 Å². The minimum atomic E-state index is -0.358. The molecule has 0 aliphatic carbocycles. The van der Waals surface area contributed by atoms with E-state index in [1.807, 2.05) is 40.9 Å². The number of amides is 2. The number of carbonyl (C=O) groups excluding carboxylic acids is 2. The fourth-order valence-corrected chi connectivity index (χ4v) is 2.90.